The van der Waals surface area contributed by atoms with Crippen LogP contribution in [0.3, 0.4) is 0 Å². The van der Waals surface area contributed by atoms with E-state index in [4.69, 9.17) is 12.2 Å². The van der Waals surface area contributed by atoms with Crippen molar-refractivity contribution in [1.82, 2.24) is 16.2 Å². The molecule has 0 radical (unpaired) electrons. The summed E-state index contributed by atoms with van der Waals surface area (Å²) in [7, 11) is 0. The number of hydrogen-bond acceptors (Lipinski definition) is 3. The van der Waals surface area contributed by atoms with E-state index in [2.05, 4.69) is 30.0 Å². The van der Waals surface area contributed by atoms with Crippen LogP contribution in [-0.2, 0) is 0 Å². The van der Waals surface area contributed by atoms with Crippen LogP contribution in [0.15, 0.2) is 54.6 Å². The largest absolute Gasteiger partial charge is 0.358 e. The van der Waals surface area contributed by atoms with Crippen molar-refractivity contribution in [3.05, 3.63) is 71.3 Å². The van der Waals surface area contributed by atoms with Crippen LogP contribution < -0.4 is 16.2 Å². The van der Waals surface area contributed by atoms with Crippen LogP contribution >= 0.6 is 12.2 Å². The molecule has 1 aliphatic carbocycles. The summed E-state index contributed by atoms with van der Waals surface area (Å²) in [6.45, 7) is 4.49. The molecule has 6 heteroatoms. The average Bonchev–Trinajstić information content (AvgIpc) is 2.75. The molecule has 29 heavy (non-hydrogen) atoms. The molecule has 1 saturated carbocycles. The first-order valence-corrected chi connectivity index (χ1v) is 10.4. The van der Waals surface area contributed by atoms with Crippen molar-refractivity contribution in [3.63, 3.8) is 0 Å². The maximum atomic E-state index is 12.8. The van der Waals surface area contributed by atoms with E-state index in [0.717, 1.165) is 6.42 Å². The van der Waals surface area contributed by atoms with Crippen LogP contribution in [0.1, 0.15) is 59.4 Å². The van der Waals surface area contributed by atoms with Crippen LogP contribution in [0.2, 0.25) is 0 Å². The number of ketones is 1. The lowest BCUT2D eigenvalue weighted by atomic mass is 9.78. The van der Waals surface area contributed by atoms with Crippen molar-refractivity contribution in [3.8, 4) is 0 Å². The van der Waals surface area contributed by atoms with E-state index in [1.807, 2.05) is 6.07 Å². The molecule has 2 aromatic rings. The van der Waals surface area contributed by atoms with Crippen LogP contribution in [-0.4, -0.2) is 22.8 Å². The van der Waals surface area contributed by atoms with Crippen LogP contribution in [0, 0.1) is 11.8 Å². The number of amides is 1. The second kappa shape index (κ2) is 9.65. The molecule has 5 nitrogen and oxygen atoms in total. The fourth-order valence-corrected chi connectivity index (χ4v) is 4.00. The molecule has 0 aliphatic heterocycles. The van der Waals surface area contributed by atoms with Crippen LogP contribution in [0.25, 0.3) is 0 Å². The Hall–Kier alpha value is -2.73. The van der Waals surface area contributed by atoms with Crippen molar-refractivity contribution < 1.29 is 9.59 Å². The second-order valence-corrected chi connectivity index (χ2v) is 8.08. The lowest BCUT2D eigenvalue weighted by Gasteiger charge is -2.35. The summed E-state index contributed by atoms with van der Waals surface area (Å²) in [6, 6.07) is 16.0. The van der Waals surface area contributed by atoms with E-state index in [1.54, 1.807) is 48.5 Å². The van der Waals surface area contributed by atoms with Crippen LogP contribution in [0.5, 0.6) is 0 Å². The van der Waals surface area contributed by atoms with Gasteiger partial charge in [-0.3, -0.25) is 20.4 Å². The quantitative estimate of drug-likeness (QED) is 0.406. The van der Waals surface area contributed by atoms with Crippen molar-refractivity contribution in [2.45, 2.75) is 39.2 Å². The molecule has 0 unspecified atom stereocenters. The third kappa shape index (κ3) is 5.21. The maximum Gasteiger partial charge on any atom is 0.270 e. The van der Waals surface area contributed by atoms with Gasteiger partial charge in [0.1, 0.15) is 0 Å². The number of rotatable bonds is 4. The Balaban J connectivity index is 1.63. The molecule has 0 heterocycles. The Bertz CT molecular complexity index is 885. The highest BCUT2D eigenvalue weighted by atomic mass is 32.1. The minimum Gasteiger partial charge on any atom is -0.358 e. The number of carbonyl (C=O) groups excluding carboxylic acids is 2. The predicted octanol–water partition coefficient (Wildman–Crippen LogP) is 3.85. The number of carbonyl (C=O) groups is 2. The number of hydrogen-bond donors (Lipinski definition) is 3. The molecule has 0 spiro atoms. The molecule has 0 bridgehead atoms. The summed E-state index contributed by atoms with van der Waals surface area (Å²) in [4.78, 5) is 25.5. The van der Waals surface area contributed by atoms with E-state index < -0.39 is 5.91 Å². The number of nitrogens with one attached hydrogen (secondary N) is 3. The molecule has 1 amide bonds. The molecule has 1 aliphatic rings. The van der Waals surface area contributed by atoms with E-state index in [0.29, 0.717) is 39.7 Å². The second-order valence-electron chi connectivity index (χ2n) is 7.67. The highest BCUT2D eigenvalue weighted by molar-refractivity contribution is 7.80. The summed E-state index contributed by atoms with van der Waals surface area (Å²) in [6.07, 6.45) is 3.48. The molecule has 3 atom stereocenters. The highest BCUT2D eigenvalue weighted by Crippen LogP contribution is 2.29. The SMILES string of the molecule is C[C@@H]1[C@H](C)CCC[C@@H]1NC(=S)NNC(=O)c1ccccc1C(=O)c1ccccc1. The summed E-state index contributed by atoms with van der Waals surface area (Å²) in [5, 5.41) is 3.69. The van der Waals surface area contributed by atoms with Gasteiger partial charge in [0.25, 0.3) is 5.91 Å². The molecule has 3 rings (SSSR count). The van der Waals surface area contributed by atoms with Crippen LogP contribution in [0.4, 0.5) is 0 Å². The average molecular weight is 410 g/mol. The van der Waals surface area contributed by atoms with Gasteiger partial charge in [0, 0.05) is 17.2 Å². The zero-order chi connectivity index (χ0) is 20.8. The topological polar surface area (TPSA) is 70.2 Å². The fraction of sp³-hybridized carbons (Fsp3) is 0.348. The molecule has 3 N–H and O–H groups in total. The van der Waals surface area contributed by atoms with Gasteiger partial charge >= 0.3 is 0 Å². The lowest BCUT2D eigenvalue weighted by molar-refractivity contribution is 0.0932. The third-order valence-electron chi connectivity index (χ3n) is 5.77. The van der Waals surface area contributed by atoms with E-state index in [-0.39, 0.29) is 5.78 Å². The molecular formula is C23H27N3O2S. The minimum atomic E-state index is -0.404. The van der Waals surface area contributed by atoms with Gasteiger partial charge < -0.3 is 5.32 Å². The van der Waals surface area contributed by atoms with Crippen molar-refractivity contribution in [1.29, 1.82) is 0 Å². The lowest BCUT2D eigenvalue weighted by Crippen LogP contribution is -2.52. The molecule has 2 aromatic carbocycles. The third-order valence-corrected chi connectivity index (χ3v) is 5.99. The van der Waals surface area contributed by atoms with Gasteiger partial charge in [-0.1, -0.05) is 75.2 Å². The smallest absolute Gasteiger partial charge is 0.270 e. The van der Waals surface area contributed by atoms with E-state index >= 15 is 0 Å². The Morgan fingerprint density at radius 2 is 1.55 bits per heavy atom. The van der Waals surface area contributed by atoms with Gasteiger partial charge in [0.15, 0.2) is 10.9 Å². The summed E-state index contributed by atoms with van der Waals surface area (Å²) in [5.41, 5.74) is 6.59. The first-order valence-electron chi connectivity index (χ1n) is 10.0. The van der Waals surface area contributed by atoms with Gasteiger partial charge in [-0.2, -0.15) is 0 Å². The number of benzene rings is 2. The normalized spacial score (nSPS) is 21.1. The zero-order valence-electron chi connectivity index (χ0n) is 16.8. The van der Waals surface area contributed by atoms with Crippen molar-refractivity contribution in [2.75, 3.05) is 0 Å². The van der Waals surface area contributed by atoms with E-state index in [9.17, 15) is 9.59 Å². The predicted molar refractivity (Wildman–Crippen MR) is 119 cm³/mol. The molecule has 0 saturated heterocycles. The zero-order valence-corrected chi connectivity index (χ0v) is 17.6. The van der Waals surface area contributed by atoms with Crippen molar-refractivity contribution in [2.24, 2.45) is 11.8 Å². The first-order chi connectivity index (χ1) is 14.0. The fourth-order valence-electron chi connectivity index (χ4n) is 3.80. The molecule has 152 valence electrons. The Labute approximate surface area is 177 Å². The first kappa shape index (κ1) is 21.0. The number of hydrazine groups is 1. The standard InChI is InChI=1S/C23H27N3O2S/c1-15-9-8-14-20(16(15)2)24-23(29)26-25-22(28)19-13-7-6-12-18(19)21(27)17-10-4-3-5-11-17/h3-7,10-13,15-16,20H,8-9,14H2,1-2H3,(H,25,28)(H2,24,26,29)/t15-,16-,20+/m1/s1. The Kier molecular flexibility index (Phi) is 6.99. The van der Waals surface area contributed by atoms with Gasteiger partial charge in [-0.15, -0.1) is 0 Å². The summed E-state index contributed by atoms with van der Waals surface area (Å²) < 4.78 is 0. The van der Waals surface area contributed by atoms with E-state index in [1.165, 1.54) is 12.8 Å². The molecule has 0 aromatic heterocycles. The summed E-state index contributed by atoms with van der Waals surface area (Å²) in [5.74, 6) is 0.569. The minimum absolute atomic E-state index is 0.193. The molecular weight excluding hydrogens is 382 g/mol. The van der Waals surface area contributed by atoms with Gasteiger partial charge in [-0.25, -0.2) is 0 Å². The van der Waals surface area contributed by atoms with Crippen molar-refractivity contribution >= 4 is 29.0 Å². The van der Waals surface area contributed by atoms with Gasteiger partial charge in [0.2, 0.25) is 0 Å². The highest BCUT2D eigenvalue weighted by Gasteiger charge is 2.27. The Morgan fingerprint density at radius 1 is 0.897 bits per heavy atom. The van der Waals surface area contributed by atoms with Gasteiger partial charge in [0.05, 0.1) is 5.56 Å². The maximum absolute atomic E-state index is 12.8. The molecule has 1 fully saturated rings. The summed E-state index contributed by atoms with van der Waals surface area (Å²) >= 11 is 5.35. The van der Waals surface area contributed by atoms with Gasteiger partial charge in [-0.05, 0) is 36.5 Å². The number of thiocarbonyl (C=S) groups is 1. The monoisotopic (exact) mass is 409 g/mol. The Morgan fingerprint density at radius 3 is 2.28 bits per heavy atom.